The van der Waals surface area contributed by atoms with Crippen LogP contribution in [0.25, 0.3) is 0 Å². The maximum Gasteiger partial charge on any atom is 0.0622 e. The summed E-state index contributed by atoms with van der Waals surface area (Å²) in [6.45, 7) is 9.57. The average molecular weight is 157 g/mol. The van der Waals surface area contributed by atoms with E-state index in [2.05, 4.69) is 26.1 Å². The largest absolute Gasteiger partial charge is 0.379 e. The van der Waals surface area contributed by atoms with Gasteiger partial charge in [-0.05, 0) is 11.8 Å². The molecule has 1 aliphatic rings. The van der Waals surface area contributed by atoms with Gasteiger partial charge in [-0.3, -0.25) is 0 Å². The Hall–Kier alpha value is -0.0800. The summed E-state index contributed by atoms with van der Waals surface area (Å²) in [4.78, 5) is 0. The van der Waals surface area contributed by atoms with Crippen LogP contribution in [-0.2, 0) is 4.74 Å². The Morgan fingerprint density at radius 2 is 2.09 bits per heavy atom. The van der Waals surface area contributed by atoms with Crippen LogP contribution in [-0.4, -0.2) is 25.8 Å². The van der Waals surface area contributed by atoms with Crippen molar-refractivity contribution in [2.45, 2.75) is 26.8 Å². The van der Waals surface area contributed by atoms with Crippen LogP contribution in [0.3, 0.4) is 0 Å². The maximum atomic E-state index is 5.52. The van der Waals surface area contributed by atoms with E-state index in [-0.39, 0.29) is 0 Å². The molecule has 0 saturated carbocycles. The van der Waals surface area contributed by atoms with E-state index >= 15 is 0 Å². The predicted octanol–water partition coefficient (Wildman–Crippen LogP) is 1.27. The Bertz CT molecular complexity index is 114. The highest BCUT2D eigenvalue weighted by Crippen LogP contribution is 2.07. The van der Waals surface area contributed by atoms with E-state index in [0.29, 0.717) is 17.9 Å². The maximum absolute atomic E-state index is 5.52. The molecular weight excluding hydrogens is 138 g/mol. The van der Waals surface area contributed by atoms with Crippen molar-refractivity contribution in [1.82, 2.24) is 5.32 Å². The zero-order valence-electron chi connectivity index (χ0n) is 7.76. The molecule has 0 radical (unpaired) electrons. The molecule has 1 heterocycles. The fraction of sp³-hybridized carbons (Fsp3) is 1.00. The van der Waals surface area contributed by atoms with Gasteiger partial charge in [0.05, 0.1) is 13.2 Å². The van der Waals surface area contributed by atoms with E-state index in [4.69, 9.17) is 4.74 Å². The minimum Gasteiger partial charge on any atom is -0.379 e. The molecule has 66 valence electrons. The summed E-state index contributed by atoms with van der Waals surface area (Å²) in [5, 5.41) is 3.51. The molecule has 0 aliphatic carbocycles. The van der Waals surface area contributed by atoms with E-state index in [9.17, 15) is 0 Å². The Kier molecular flexibility index (Phi) is 3.34. The first-order valence-corrected chi connectivity index (χ1v) is 4.51. The third-order valence-corrected chi connectivity index (χ3v) is 2.23. The number of hydrogen-bond acceptors (Lipinski definition) is 2. The van der Waals surface area contributed by atoms with Gasteiger partial charge in [0.1, 0.15) is 0 Å². The van der Waals surface area contributed by atoms with E-state index in [1.165, 1.54) is 0 Å². The molecule has 2 unspecified atom stereocenters. The van der Waals surface area contributed by atoms with Crippen molar-refractivity contribution < 1.29 is 4.74 Å². The van der Waals surface area contributed by atoms with E-state index < -0.39 is 0 Å². The van der Waals surface area contributed by atoms with Crippen molar-refractivity contribution in [3.63, 3.8) is 0 Å². The second-order valence-electron chi connectivity index (χ2n) is 3.90. The van der Waals surface area contributed by atoms with E-state index in [1.54, 1.807) is 0 Å². The second-order valence-corrected chi connectivity index (χ2v) is 3.90. The highest BCUT2D eigenvalue weighted by Gasteiger charge is 2.17. The minimum atomic E-state index is 0.556. The van der Waals surface area contributed by atoms with Gasteiger partial charge in [-0.25, -0.2) is 0 Å². The molecule has 1 fully saturated rings. The average Bonchev–Trinajstić information content (AvgIpc) is 2.13. The summed E-state index contributed by atoms with van der Waals surface area (Å²) in [6.07, 6.45) is 0. The summed E-state index contributed by atoms with van der Waals surface area (Å²) in [5.74, 6) is 1.35. The van der Waals surface area contributed by atoms with Gasteiger partial charge in [0.2, 0.25) is 0 Å². The van der Waals surface area contributed by atoms with Crippen LogP contribution in [0.1, 0.15) is 20.8 Å². The fourth-order valence-corrected chi connectivity index (χ4v) is 1.29. The lowest BCUT2D eigenvalue weighted by molar-refractivity contribution is 0.104. The van der Waals surface area contributed by atoms with Crippen LogP contribution in [0.2, 0.25) is 0 Å². The molecule has 0 aromatic heterocycles. The SMILES string of the molecule is CC1CNC(C(C)C)COC1. The molecule has 0 aromatic rings. The van der Waals surface area contributed by atoms with E-state index in [0.717, 1.165) is 19.8 Å². The van der Waals surface area contributed by atoms with Gasteiger partial charge in [0, 0.05) is 12.6 Å². The first-order chi connectivity index (χ1) is 5.20. The number of hydrogen-bond donors (Lipinski definition) is 1. The lowest BCUT2D eigenvalue weighted by Crippen LogP contribution is -2.37. The fourth-order valence-electron chi connectivity index (χ4n) is 1.29. The van der Waals surface area contributed by atoms with Gasteiger partial charge in [-0.1, -0.05) is 20.8 Å². The van der Waals surface area contributed by atoms with Crippen molar-refractivity contribution in [3.05, 3.63) is 0 Å². The standard InChI is InChI=1S/C9H19NO/c1-7(2)9-6-11-5-8(3)4-10-9/h7-10H,4-6H2,1-3H3. The van der Waals surface area contributed by atoms with Crippen LogP contribution in [0.5, 0.6) is 0 Å². The first-order valence-electron chi connectivity index (χ1n) is 4.51. The molecule has 1 saturated heterocycles. The zero-order chi connectivity index (χ0) is 8.27. The third kappa shape index (κ3) is 2.80. The molecule has 0 amide bonds. The van der Waals surface area contributed by atoms with Gasteiger partial charge in [0.25, 0.3) is 0 Å². The predicted molar refractivity (Wildman–Crippen MR) is 46.6 cm³/mol. The molecule has 0 bridgehead atoms. The number of ether oxygens (including phenoxy) is 1. The molecule has 11 heavy (non-hydrogen) atoms. The molecule has 2 heteroatoms. The van der Waals surface area contributed by atoms with Crippen LogP contribution in [0, 0.1) is 11.8 Å². The zero-order valence-corrected chi connectivity index (χ0v) is 7.76. The summed E-state index contributed by atoms with van der Waals surface area (Å²) in [6, 6.07) is 0.556. The lowest BCUT2D eigenvalue weighted by atomic mass is 10.1. The van der Waals surface area contributed by atoms with Crippen molar-refractivity contribution in [1.29, 1.82) is 0 Å². The molecule has 1 rings (SSSR count). The summed E-state index contributed by atoms with van der Waals surface area (Å²) >= 11 is 0. The number of rotatable bonds is 1. The molecule has 1 N–H and O–H groups in total. The van der Waals surface area contributed by atoms with Crippen molar-refractivity contribution in [2.24, 2.45) is 11.8 Å². The van der Waals surface area contributed by atoms with Crippen molar-refractivity contribution in [2.75, 3.05) is 19.8 Å². The summed E-state index contributed by atoms with van der Waals surface area (Å²) < 4.78 is 5.52. The van der Waals surface area contributed by atoms with E-state index in [1.807, 2.05) is 0 Å². The van der Waals surface area contributed by atoms with Gasteiger partial charge in [-0.15, -0.1) is 0 Å². The molecular formula is C9H19NO. The monoisotopic (exact) mass is 157 g/mol. The van der Waals surface area contributed by atoms with Gasteiger partial charge in [0.15, 0.2) is 0 Å². The van der Waals surface area contributed by atoms with Crippen LogP contribution in [0.15, 0.2) is 0 Å². The van der Waals surface area contributed by atoms with Gasteiger partial charge < -0.3 is 10.1 Å². The molecule has 2 nitrogen and oxygen atoms in total. The smallest absolute Gasteiger partial charge is 0.0622 e. The second kappa shape index (κ2) is 4.07. The van der Waals surface area contributed by atoms with Gasteiger partial charge >= 0.3 is 0 Å². The highest BCUT2D eigenvalue weighted by atomic mass is 16.5. The Labute approximate surface area is 69.3 Å². The highest BCUT2D eigenvalue weighted by molar-refractivity contribution is 4.74. The summed E-state index contributed by atoms with van der Waals surface area (Å²) in [7, 11) is 0. The van der Waals surface area contributed by atoms with Crippen LogP contribution < -0.4 is 5.32 Å². The molecule has 1 aliphatic heterocycles. The first kappa shape index (κ1) is 9.01. The van der Waals surface area contributed by atoms with Gasteiger partial charge in [-0.2, -0.15) is 0 Å². The lowest BCUT2D eigenvalue weighted by Gasteiger charge is -2.18. The van der Waals surface area contributed by atoms with Crippen LogP contribution in [0.4, 0.5) is 0 Å². The minimum absolute atomic E-state index is 0.556. The number of nitrogens with one attached hydrogen (secondary N) is 1. The van der Waals surface area contributed by atoms with Crippen molar-refractivity contribution in [3.8, 4) is 0 Å². The Morgan fingerprint density at radius 1 is 1.36 bits per heavy atom. The molecule has 0 spiro atoms. The normalized spacial score (nSPS) is 33.8. The quantitative estimate of drug-likeness (QED) is 0.619. The molecule has 0 aromatic carbocycles. The van der Waals surface area contributed by atoms with Crippen molar-refractivity contribution >= 4 is 0 Å². The topological polar surface area (TPSA) is 21.3 Å². The Balaban J connectivity index is 2.34. The third-order valence-electron chi connectivity index (χ3n) is 2.23. The van der Waals surface area contributed by atoms with Crippen LogP contribution >= 0.6 is 0 Å². The Morgan fingerprint density at radius 3 is 2.73 bits per heavy atom. The molecule has 2 atom stereocenters. The summed E-state index contributed by atoms with van der Waals surface area (Å²) in [5.41, 5.74) is 0.